The SMILES string of the molecule is CCN(Cc1c(F)ccc(Br)c1F)C1CNC1. The summed E-state index contributed by atoms with van der Waals surface area (Å²) >= 11 is 3.09. The van der Waals surface area contributed by atoms with Gasteiger partial charge in [-0.2, -0.15) is 0 Å². The second-order valence-electron chi connectivity index (χ2n) is 4.20. The van der Waals surface area contributed by atoms with E-state index in [1.165, 1.54) is 12.1 Å². The smallest absolute Gasteiger partial charge is 0.144 e. The molecule has 1 aromatic carbocycles. The van der Waals surface area contributed by atoms with Crippen LogP contribution in [0.1, 0.15) is 12.5 Å². The van der Waals surface area contributed by atoms with Crippen LogP contribution in [0.25, 0.3) is 0 Å². The van der Waals surface area contributed by atoms with E-state index in [1.54, 1.807) is 0 Å². The predicted octanol–water partition coefficient (Wildman–Crippen LogP) is 2.52. The fourth-order valence-electron chi connectivity index (χ4n) is 1.95. The van der Waals surface area contributed by atoms with Gasteiger partial charge in [0, 0.05) is 31.2 Å². The van der Waals surface area contributed by atoms with E-state index in [0.717, 1.165) is 19.6 Å². The Morgan fingerprint density at radius 3 is 2.65 bits per heavy atom. The molecular weight excluding hydrogens is 290 g/mol. The Balaban J connectivity index is 2.18. The van der Waals surface area contributed by atoms with E-state index in [0.29, 0.717) is 17.1 Å². The number of nitrogens with one attached hydrogen (secondary N) is 1. The zero-order valence-corrected chi connectivity index (χ0v) is 11.2. The lowest BCUT2D eigenvalue weighted by Crippen LogP contribution is -2.56. The summed E-state index contributed by atoms with van der Waals surface area (Å²) in [6, 6.07) is 3.09. The van der Waals surface area contributed by atoms with Crippen molar-refractivity contribution >= 4 is 15.9 Å². The molecule has 0 unspecified atom stereocenters. The van der Waals surface area contributed by atoms with Crippen molar-refractivity contribution in [2.24, 2.45) is 0 Å². The lowest BCUT2D eigenvalue weighted by Gasteiger charge is -2.37. The van der Waals surface area contributed by atoms with Crippen molar-refractivity contribution in [3.05, 3.63) is 33.8 Å². The third-order valence-electron chi connectivity index (χ3n) is 3.18. The van der Waals surface area contributed by atoms with E-state index in [2.05, 4.69) is 26.1 Å². The summed E-state index contributed by atoms with van der Waals surface area (Å²) in [5, 5.41) is 3.16. The molecule has 1 aliphatic heterocycles. The minimum Gasteiger partial charge on any atom is -0.314 e. The molecule has 1 heterocycles. The van der Waals surface area contributed by atoms with Crippen molar-refractivity contribution in [1.29, 1.82) is 0 Å². The summed E-state index contributed by atoms with van der Waals surface area (Å²) < 4.78 is 27.7. The highest BCUT2D eigenvalue weighted by atomic mass is 79.9. The van der Waals surface area contributed by atoms with Gasteiger partial charge in [-0.3, -0.25) is 4.90 Å². The number of benzene rings is 1. The first-order valence-corrected chi connectivity index (χ1v) is 6.50. The monoisotopic (exact) mass is 304 g/mol. The summed E-state index contributed by atoms with van der Waals surface area (Å²) in [4.78, 5) is 2.09. The first-order valence-electron chi connectivity index (χ1n) is 5.70. The van der Waals surface area contributed by atoms with Crippen molar-refractivity contribution in [2.75, 3.05) is 19.6 Å². The van der Waals surface area contributed by atoms with Crippen molar-refractivity contribution in [3.63, 3.8) is 0 Å². The zero-order chi connectivity index (χ0) is 12.4. The molecule has 0 radical (unpaired) electrons. The van der Waals surface area contributed by atoms with Gasteiger partial charge in [-0.05, 0) is 34.6 Å². The maximum atomic E-state index is 13.8. The molecule has 1 fully saturated rings. The first-order chi connectivity index (χ1) is 8.13. The van der Waals surface area contributed by atoms with Crippen LogP contribution in [-0.2, 0) is 6.54 Å². The number of hydrogen-bond acceptors (Lipinski definition) is 2. The zero-order valence-electron chi connectivity index (χ0n) is 9.64. The molecule has 1 aliphatic rings. The van der Waals surface area contributed by atoms with Crippen molar-refractivity contribution < 1.29 is 8.78 Å². The van der Waals surface area contributed by atoms with Gasteiger partial charge in [0.25, 0.3) is 0 Å². The molecule has 0 bridgehead atoms. The van der Waals surface area contributed by atoms with Gasteiger partial charge in [0.1, 0.15) is 11.6 Å². The molecule has 1 aromatic rings. The quantitative estimate of drug-likeness (QED) is 0.860. The van der Waals surface area contributed by atoms with Gasteiger partial charge < -0.3 is 5.32 Å². The van der Waals surface area contributed by atoms with Gasteiger partial charge in [0.15, 0.2) is 0 Å². The number of likely N-dealkylation sites (N-methyl/N-ethyl adjacent to an activating group) is 1. The highest BCUT2D eigenvalue weighted by molar-refractivity contribution is 9.10. The van der Waals surface area contributed by atoms with Crippen LogP contribution in [0.5, 0.6) is 0 Å². The predicted molar refractivity (Wildman–Crippen MR) is 66.8 cm³/mol. The van der Waals surface area contributed by atoms with Gasteiger partial charge in [-0.25, -0.2) is 8.78 Å². The average molecular weight is 305 g/mol. The lowest BCUT2D eigenvalue weighted by atomic mass is 10.1. The molecule has 0 saturated carbocycles. The maximum absolute atomic E-state index is 13.8. The normalized spacial score (nSPS) is 16.3. The minimum atomic E-state index is -0.490. The standard InChI is InChI=1S/C12H15BrF2N2/c1-2-17(8-5-16-6-8)7-9-11(14)4-3-10(13)12(9)15/h3-4,8,16H,2,5-7H2,1H3. The van der Waals surface area contributed by atoms with Crippen LogP contribution in [0.15, 0.2) is 16.6 Å². The molecule has 0 amide bonds. The molecule has 94 valence electrons. The molecule has 0 aliphatic carbocycles. The van der Waals surface area contributed by atoms with Crippen LogP contribution < -0.4 is 5.32 Å². The van der Waals surface area contributed by atoms with E-state index in [-0.39, 0.29) is 5.56 Å². The average Bonchev–Trinajstić information content (AvgIpc) is 2.25. The maximum Gasteiger partial charge on any atom is 0.144 e. The number of halogens is 3. The molecule has 2 nitrogen and oxygen atoms in total. The van der Waals surface area contributed by atoms with Gasteiger partial charge >= 0.3 is 0 Å². The van der Waals surface area contributed by atoms with Crippen molar-refractivity contribution in [2.45, 2.75) is 19.5 Å². The third-order valence-corrected chi connectivity index (χ3v) is 3.80. The Bertz CT molecular complexity index is 408. The Morgan fingerprint density at radius 2 is 2.12 bits per heavy atom. The first kappa shape index (κ1) is 12.9. The summed E-state index contributed by atoms with van der Waals surface area (Å²) in [6.45, 7) is 4.90. The molecule has 0 spiro atoms. The van der Waals surface area contributed by atoms with E-state index in [4.69, 9.17) is 0 Å². The fraction of sp³-hybridized carbons (Fsp3) is 0.500. The topological polar surface area (TPSA) is 15.3 Å². The molecular formula is C12H15BrF2N2. The van der Waals surface area contributed by atoms with Crippen LogP contribution in [-0.4, -0.2) is 30.6 Å². The molecule has 2 rings (SSSR count). The van der Waals surface area contributed by atoms with Gasteiger partial charge in [0.2, 0.25) is 0 Å². The number of hydrogen-bond donors (Lipinski definition) is 1. The number of rotatable bonds is 4. The highest BCUT2D eigenvalue weighted by Gasteiger charge is 2.25. The molecule has 17 heavy (non-hydrogen) atoms. The molecule has 1 saturated heterocycles. The van der Waals surface area contributed by atoms with Crippen LogP contribution in [0.3, 0.4) is 0 Å². The fourth-order valence-corrected chi connectivity index (χ4v) is 2.32. The van der Waals surface area contributed by atoms with Gasteiger partial charge in [-0.15, -0.1) is 0 Å². The molecule has 0 atom stereocenters. The Labute approximate surface area is 108 Å². The number of nitrogens with zero attached hydrogens (tertiary/aromatic N) is 1. The second kappa shape index (κ2) is 5.42. The van der Waals surface area contributed by atoms with E-state index in [1.807, 2.05) is 6.92 Å². The van der Waals surface area contributed by atoms with E-state index < -0.39 is 11.6 Å². The Morgan fingerprint density at radius 1 is 1.41 bits per heavy atom. The molecule has 0 aromatic heterocycles. The van der Waals surface area contributed by atoms with Crippen LogP contribution in [0.2, 0.25) is 0 Å². The van der Waals surface area contributed by atoms with Crippen LogP contribution in [0.4, 0.5) is 8.78 Å². The van der Waals surface area contributed by atoms with Crippen LogP contribution in [0, 0.1) is 11.6 Å². The second-order valence-corrected chi connectivity index (χ2v) is 5.05. The van der Waals surface area contributed by atoms with Gasteiger partial charge in [-0.1, -0.05) is 6.92 Å². The van der Waals surface area contributed by atoms with Crippen molar-refractivity contribution in [3.8, 4) is 0 Å². The Hall–Kier alpha value is -0.520. The summed E-state index contributed by atoms with van der Waals surface area (Å²) in [6.07, 6.45) is 0. The summed E-state index contributed by atoms with van der Waals surface area (Å²) in [5.41, 5.74) is 0.146. The van der Waals surface area contributed by atoms with E-state index >= 15 is 0 Å². The highest BCUT2D eigenvalue weighted by Crippen LogP contribution is 2.23. The third kappa shape index (κ3) is 2.67. The van der Waals surface area contributed by atoms with Gasteiger partial charge in [0.05, 0.1) is 4.47 Å². The van der Waals surface area contributed by atoms with E-state index in [9.17, 15) is 8.78 Å². The molecule has 1 N–H and O–H groups in total. The van der Waals surface area contributed by atoms with Crippen molar-refractivity contribution in [1.82, 2.24) is 10.2 Å². The molecule has 5 heteroatoms. The van der Waals surface area contributed by atoms with Crippen LogP contribution >= 0.6 is 15.9 Å². The summed E-state index contributed by atoms with van der Waals surface area (Å²) in [5.74, 6) is -0.966. The largest absolute Gasteiger partial charge is 0.314 e. The minimum absolute atomic E-state index is 0.146. The summed E-state index contributed by atoms with van der Waals surface area (Å²) in [7, 11) is 0. The Kier molecular flexibility index (Phi) is 4.12. The lowest BCUT2D eigenvalue weighted by molar-refractivity contribution is 0.142.